The Morgan fingerprint density at radius 2 is 2.28 bits per heavy atom. The van der Waals surface area contributed by atoms with Crippen molar-refractivity contribution in [2.45, 2.75) is 25.9 Å². The lowest BCUT2D eigenvalue weighted by molar-refractivity contribution is -0.127. The average Bonchev–Trinajstić information content (AvgIpc) is 2.84. The summed E-state index contributed by atoms with van der Waals surface area (Å²) in [6, 6.07) is -0.570. The summed E-state index contributed by atoms with van der Waals surface area (Å²) < 4.78 is 1.94. The lowest BCUT2D eigenvalue weighted by Gasteiger charge is -2.15. The van der Waals surface area contributed by atoms with Gasteiger partial charge in [0.2, 0.25) is 11.8 Å². The van der Waals surface area contributed by atoms with E-state index in [1.807, 2.05) is 10.8 Å². The van der Waals surface area contributed by atoms with E-state index in [4.69, 9.17) is 0 Å². The topological polar surface area (TPSA) is 76.0 Å². The lowest BCUT2D eigenvalue weighted by Crippen LogP contribution is -2.47. The fraction of sp³-hybridized carbons (Fsp3) is 0.545. The van der Waals surface area contributed by atoms with E-state index in [-0.39, 0.29) is 17.6 Å². The molecule has 1 rings (SSSR count). The van der Waals surface area contributed by atoms with Crippen LogP contribution in [-0.4, -0.2) is 39.7 Å². The molecule has 18 heavy (non-hydrogen) atoms. The average molecular weight is 270 g/mol. The molecule has 6 nitrogen and oxygen atoms in total. The highest BCUT2D eigenvalue weighted by atomic mass is 32.1. The first-order valence-electron chi connectivity index (χ1n) is 5.75. The third kappa shape index (κ3) is 5.22. The first-order valence-corrected chi connectivity index (χ1v) is 6.38. The van der Waals surface area contributed by atoms with Crippen molar-refractivity contribution in [3.8, 4) is 0 Å². The molecule has 1 unspecified atom stereocenters. The normalized spacial score (nSPS) is 11.9. The second-order valence-corrected chi connectivity index (χ2v) is 4.25. The number of carbonyl (C=O) groups excluding carboxylic acids is 2. The van der Waals surface area contributed by atoms with Crippen molar-refractivity contribution in [3.63, 3.8) is 0 Å². The highest BCUT2D eigenvalue weighted by Crippen LogP contribution is 1.92. The third-order valence-electron chi connectivity index (χ3n) is 2.33. The Morgan fingerprint density at radius 1 is 1.50 bits per heavy atom. The van der Waals surface area contributed by atoms with Crippen molar-refractivity contribution in [1.29, 1.82) is 0 Å². The van der Waals surface area contributed by atoms with Crippen LogP contribution >= 0.6 is 12.6 Å². The summed E-state index contributed by atoms with van der Waals surface area (Å²) in [4.78, 5) is 26.5. The fourth-order valence-corrected chi connectivity index (χ4v) is 1.71. The summed E-state index contributed by atoms with van der Waals surface area (Å²) in [5.41, 5.74) is 0. The van der Waals surface area contributed by atoms with E-state index in [0.717, 1.165) is 13.0 Å². The SMILES string of the molecule is CC(=O)NC(CS)C(=O)NCCCn1ccnc1. The molecule has 2 N–H and O–H groups in total. The zero-order chi connectivity index (χ0) is 13.4. The Kier molecular flexibility index (Phi) is 6.27. The minimum Gasteiger partial charge on any atom is -0.354 e. The number of aryl methyl sites for hydroxylation is 1. The zero-order valence-corrected chi connectivity index (χ0v) is 11.2. The van der Waals surface area contributed by atoms with E-state index in [0.29, 0.717) is 6.54 Å². The molecule has 0 bridgehead atoms. The van der Waals surface area contributed by atoms with Gasteiger partial charge >= 0.3 is 0 Å². The Morgan fingerprint density at radius 3 is 2.83 bits per heavy atom. The Balaban J connectivity index is 2.21. The van der Waals surface area contributed by atoms with Crippen LogP contribution in [0.1, 0.15) is 13.3 Å². The van der Waals surface area contributed by atoms with Gasteiger partial charge in [-0.1, -0.05) is 0 Å². The van der Waals surface area contributed by atoms with Crippen LogP contribution in [0.5, 0.6) is 0 Å². The first kappa shape index (κ1) is 14.6. The van der Waals surface area contributed by atoms with Crippen molar-refractivity contribution >= 4 is 24.4 Å². The van der Waals surface area contributed by atoms with Crippen LogP contribution in [0.15, 0.2) is 18.7 Å². The summed E-state index contributed by atoms with van der Waals surface area (Å²) >= 11 is 4.04. The minimum absolute atomic E-state index is 0.203. The van der Waals surface area contributed by atoms with Crippen LogP contribution in [0.2, 0.25) is 0 Å². The summed E-state index contributed by atoms with van der Waals surface area (Å²) in [6.07, 6.45) is 6.12. The number of nitrogens with one attached hydrogen (secondary N) is 2. The largest absolute Gasteiger partial charge is 0.354 e. The number of imidazole rings is 1. The molecule has 0 aromatic carbocycles. The van der Waals surface area contributed by atoms with Crippen LogP contribution < -0.4 is 10.6 Å². The monoisotopic (exact) mass is 270 g/mol. The molecular formula is C11H18N4O2S. The highest BCUT2D eigenvalue weighted by Gasteiger charge is 2.16. The molecule has 0 radical (unpaired) electrons. The molecule has 0 aliphatic heterocycles. The van der Waals surface area contributed by atoms with E-state index in [1.54, 1.807) is 12.5 Å². The predicted molar refractivity (Wildman–Crippen MR) is 71.3 cm³/mol. The lowest BCUT2D eigenvalue weighted by atomic mass is 10.3. The Hall–Kier alpha value is -1.50. The second-order valence-electron chi connectivity index (χ2n) is 3.88. The zero-order valence-electron chi connectivity index (χ0n) is 10.3. The predicted octanol–water partition coefficient (Wildman–Crippen LogP) is -0.176. The number of thiol groups is 1. The molecule has 100 valence electrons. The molecule has 2 amide bonds. The summed E-state index contributed by atoms with van der Waals surface area (Å²) in [5, 5.41) is 5.31. The van der Waals surface area contributed by atoms with Crippen LogP contribution in [0.25, 0.3) is 0 Å². The van der Waals surface area contributed by atoms with Gasteiger partial charge in [-0.2, -0.15) is 12.6 Å². The van der Waals surface area contributed by atoms with Crippen molar-refractivity contribution in [2.75, 3.05) is 12.3 Å². The molecule has 0 spiro atoms. The summed E-state index contributed by atoms with van der Waals surface area (Å²) in [5.74, 6) is -0.152. The van der Waals surface area contributed by atoms with Gasteiger partial charge in [0, 0.05) is 38.2 Å². The van der Waals surface area contributed by atoms with Crippen molar-refractivity contribution in [2.24, 2.45) is 0 Å². The van der Waals surface area contributed by atoms with E-state index >= 15 is 0 Å². The quantitative estimate of drug-likeness (QED) is 0.475. The number of carbonyl (C=O) groups is 2. The van der Waals surface area contributed by atoms with Crippen LogP contribution in [0.3, 0.4) is 0 Å². The van der Waals surface area contributed by atoms with Crippen molar-refractivity contribution in [3.05, 3.63) is 18.7 Å². The second kappa shape index (κ2) is 7.75. The van der Waals surface area contributed by atoms with Gasteiger partial charge in [-0.3, -0.25) is 9.59 Å². The Labute approximate surface area is 112 Å². The highest BCUT2D eigenvalue weighted by molar-refractivity contribution is 7.80. The smallest absolute Gasteiger partial charge is 0.243 e. The summed E-state index contributed by atoms with van der Waals surface area (Å²) in [7, 11) is 0. The number of amides is 2. The van der Waals surface area contributed by atoms with Gasteiger partial charge in [0.15, 0.2) is 0 Å². The molecule has 0 fully saturated rings. The molecule has 1 aromatic rings. The van der Waals surface area contributed by atoms with Gasteiger partial charge in [-0.15, -0.1) is 0 Å². The number of hydrogen-bond acceptors (Lipinski definition) is 4. The van der Waals surface area contributed by atoms with Gasteiger partial charge < -0.3 is 15.2 Å². The molecule has 0 aliphatic rings. The van der Waals surface area contributed by atoms with Crippen molar-refractivity contribution in [1.82, 2.24) is 20.2 Å². The molecule has 7 heteroatoms. The number of nitrogens with zero attached hydrogens (tertiary/aromatic N) is 2. The molecule has 0 saturated carbocycles. The van der Waals surface area contributed by atoms with Gasteiger partial charge in [0.05, 0.1) is 6.33 Å². The molecular weight excluding hydrogens is 252 g/mol. The van der Waals surface area contributed by atoms with Crippen LogP contribution in [0, 0.1) is 0 Å². The molecule has 0 saturated heterocycles. The van der Waals surface area contributed by atoms with Crippen LogP contribution in [-0.2, 0) is 16.1 Å². The fourth-order valence-electron chi connectivity index (χ4n) is 1.45. The molecule has 1 heterocycles. The maximum absolute atomic E-state index is 11.7. The molecule has 1 atom stereocenters. The van der Waals surface area contributed by atoms with E-state index < -0.39 is 6.04 Å². The number of rotatable bonds is 7. The molecule has 1 aromatic heterocycles. The maximum Gasteiger partial charge on any atom is 0.243 e. The Bertz CT molecular complexity index is 380. The van der Waals surface area contributed by atoms with Gasteiger partial charge in [0.1, 0.15) is 6.04 Å². The van der Waals surface area contributed by atoms with Gasteiger partial charge in [-0.05, 0) is 6.42 Å². The van der Waals surface area contributed by atoms with E-state index in [1.165, 1.54) is 6.92 Å². The van der Waals surface area contributed by atoms with Gasteiger partial charge in [0.25, 0.3) is 0 Å². The van der Waals surface area contributed by atoms with Crippen molar-refractivity contribution < 1.29 is 9.59 Å². The molecule has 0 aliphatic carbocycles. The minimum atomic E-state index is -0.570. The van der Waals surface area contributed by atoms with E-state index in [2.05, 4.69) is 28.2 Å². The maximum atomic E-state index is 11.7. The standard InChI is InChI=1S/C11H18N4O2S/c1-9(16)14-10(7-18)11(17)13-3-2-5-15-6-4-12-8-15/h4,6,8,10,18H,2-3,5,7H2,1H3,(H,13,17)(H,14,16). The summed E-state index contributed by atoms with van der Waals surface area (Å²) in [6.45, 7) is 2.73. The third-order valence-corrected chi connectivity index (χ3v) is 2.69. The number of aromatic nitrogens is 2. The van der Waals surface area contributed by atoms with Gasteiger partial charge in [-0.25, -0.2) is 4.98 Å². The number of hydrogen-bond donors (Lipinski definition) is 3. The first-order chi connectivity index (χ1) is 8.63. The van der Waals surface area contributed by atoms with E-state index in [9.17, 15) is 9.59 Å². The van der Waals surface area contributed by atoms with Crippen LogP contribution in [0.4, 0.5) is 0 Å².